The summed E-state index contributed by atoms with van der Waals surface area (Å²) in [4.78, 5) is -0.825. The van der Waals surface area contributed by atoms with Gasteiger partial charge in [0.05, 0.1) is 9.79 Å². The third-order valence-electron chi connectivity index (χ3n) is 3.86. The second kappa shape index (κ2) is 5.66. The maximum Gasteiger partial charge on any atom is 0.332 e. The monoisotopic (exact) mass is 335 g/mol. The van der Waals surface area contributed by atoms with Crippen molar-refractivity contribution in [2.45, 2.75) is 30.1 Å². The van der Waals surface area contributed by atoms with E-state index in [-0.39, 0.29) is 10.8 Å². The first kappa shape index (κ1) is 16.4. The van der Waals surface area contributed by atoms with Crippen molar-refractivity contribution in [1.82, 2.24) is 4.31 Å². The van der Waals surface area contributed by atoms with E-state index in [0.717, 1.165) is 18.6 Å². The normalized spacial score (nSPS) is 21.0. The Labute approximate surface area is 125 Å². The first-order valence-electron chi connectivity index (χ1n) is 6.67. The number of halogens is 1. The number of nitrogens with zero attached hydrogens (tertiary/aromatic N) is 1. The maximum atomic E-state index is 13.0. The predicted octanol–water partition coefficient (Wildman–Crippen LogP) is 2.01. The highest BCUT2D eigenvalue weighted by atomic mass is 32.3. The highest BCUT2D eigenvalue weighted by Crippen LogP contribution is 2.29. The van der Waals surface area contributed by atoms with Crippen LogP contribution in [0, 0.1) is 11.8 Å². The van der Waals surface area contributed by atoms with E-state index >= 15 is 0 Å². The lowest BCUT2D eigenvalue weighted by Crippen LogP contribution is -2.29. The van der Waals surface area contributed by atoms with Crippen LogP contribution in [0.3, 0.4) is 0 Å². The molecule has 1 unspecified atom stereocenters. The SMILES string of the molecule is CC(C)C1CCN(S(=O)(=O)c2cccc(S(=O)(=O)F)c2)C1. The van der Waals surface area contributed by atoms with Gasteiger partial charge >= 0.3 is 10.2 Å². The molecule has 2 rings (SSSR count). The lowest BCUT2D eigenvalue weighted by molar-refractivity contribution is 0.388. The quantitative estimate of drug-likeness (QED) is 0.789. The Morgan fingerprint density at radius 3 is 2.33 bits per heavy atom. The van der Waals surface area contributed by atoms with Gasteiger partial charge < -0.3 is 0 Å². The van der Waals surface area contributed by atoms with E-state index in [9.17, 15) is 20.7 Å². The zero-order valence-electron chi connectivity index (χ0n) is 11.9. The van der Waals surface area contributed by atoms with Gasteiger partial charge in [-0.3, -0.25) is 0 Å². The minimum Gasteiger partial charge on any atom is -0.207 e. The number of hydrogen-bond acceptors (Lipinski definition) is 4. The van der Waals surface area contributed by atoms with E-state index < -0.39 is 25.1 Å². The molecular formula is C13H18FNO4S2. The van der Waals surface area contributed by atoms with Gasteiger partial charge in [-0.05, 0) is 36.5 Å². The van der Waals surface area contributed by atoms with Crippen LogP contribution in [0.1, 0.15) is 20.3 Å². The van der Waals surface area contributed by atoms with E-state index in [1.54, 1.807) is 0 Å². The van der Waals surface area contributed by atoms with Crippen LogP contribution in [0.25, 0.3) is 0 Å². The lowest BCUT2D eigenvalue weighted by Gasteiger charge is -2.18. The summed E-state index contributed by atoms with van der Waals surface area (Å²) < 4.78 is 61.1. The van der Waals surface area contributed by atoms with Crippen molar-refractivity contribution >= 4 is 20.2 Å². The standard InChI is InChI=1S/C13H18FNO4S2/c1-10(2)11-6-7-15(9-11)21(18,19)13-5-3-4-12(8-13)20(14,16)17/h3-5,8,10-11H,6-7,9H2,1-2H3. The highest BCUT2D eigenvalue weighted by Gasteiger charge is 2.34. The molecule has 0 saturated carbocycles. The molecule has 1 aromatic rings. The molecule has 1 fully saturated rings. The molecule has 0 N–H and O–H groups in total. The summed E-state index contributed by atoms with van der Waals surface area (Å²) in [6.45, 7) is 4.89. The first-order chi connectivity index (χ1) is 9.62. The van der Waals surface area contributed by atoms with E-state index in [2.05, 4.69) is 0 Å². The Bertz CT molecular complexity index is 728. The molecule has 1 heterocycles. The molecule has 0 radical (unpaired) electrons. The predicted molar refractivity (Wildman–Crippen MR) is 76.4 cm³/mol. The van der Waals surface area contributed by atoms with E-state index in [1.807, 2.05) is 13.8 Å². The van der Waals surface area contributed by atoms with Crippen LogP contribution in [-0.2, 0) is 20.2 Å². The number of benzene rings is 1. The third kappa shape index (κ3) is 3.44. The molecule has 1 saturated heterocycles. The molecule has 0 aromatic heterocycles. The summed E-state index contributed by atoms with van der Waals surface area (Å²) in [7, 11) is -8.70. The Morgan fingerprint density at radius 2 is 1.81 bits per heavy atom. The van der Waals surface area contributed by atoms with Crippen molar-refractivity contribution in [3.8, 4) is 0 Å². The van der Waals surface area contributed by atoms with Crippen molar-refractivity contribution in [3.63, 3.8) is 0 Å². The van der Waals surface area contributed by atoms with E-state index in [4.69, 9.17) is 0 Å². The summed E-state index contributed by atoms with van der Waals surface area (Å²) in [5.74, 6) is 0.663. The summed E-state index contributed by atoms with van der Waals surface area (Å²) >= 11 is 0. The average Bonchev–Trinajstić information content (AvgIpc) is 2.88. The summed E-state index contributed by atoms with van der Waals surface area (Å²) in [5.41, 5.74) is 0. The minimum atomic E-state index is -4.92. The third-order valence-corrected chi connectivity index (χ3v) is 6.53. The van der Waals surface area contributed by atoms with Gasteiger partial charge in [-0.2, -0.15) is 12.7 Å². The lowest BCUT2D eigenvalue weighted by atomic mass is 9.96. The van der Waals surface area contributed by atoms with Gasteiger partial charge in [0.15, 0.2) is 0 Å². The minimum absolute atomic E-state index is 0.189. The smallest absolute Gasteiger partial charge is 0.207 e. The van der Waals surface area contributed by atoms with Crippen LogP contribution in [-0.4, -0.2) is 34.2 Å². The maximum absolute atomic E-state index is 13.0. The van der Waals surface area contributed by atoms with Crippen molar-refractivity contribution in [1.29, 1.82) is 0 Å². The zero-order valence-corrected chi connectivity index (χ0v) is 13.5. The highest BCUT2D eigenvalue weighted by molar-refractivity contribution is 7.89. The molecule has 1 atom stereocenters. The molecule has 1 aliphatic heterocycles. The second-order valence-corrected chi connectivity index (χ2v) is 8.85. The second-order valence-electron chi connectivity index (χ2n) is 5.57. The molecule has 118 valence electrons. The molecule has 0 bridgehead atoms. The Kier molecular flexibility index (Phi) is 4.41. The van der Waals surface area contributed by atoms with E-state index in [0.29, 0.717) is 19.0 Å². The van der Waals surface area contributed by atoms with Crippen LogP contribution in [0.4, 0.5) is 3.89 Å². The Morgan fingerprint density at radius 1 is 1.19 bits per heavy atom. The largest absolute Gasteiger partial charge is 0.332 e. The molecular weight excluding hydrogens is 317 g/mol. The van der Waals surface area contributed by atoms with Gasteiger partial charge in [0.1, 0.15) is 0 Å². The Balaban J connectivity index is 2.33. The average molecular weight is 335 g/mol. The summed E-state index contributed by atoms with van der Waals surface area (Å²) in [5, 5.41) is 0. The van der Waals surface area contributed by atoms with Crippen LogP contribution >= 0.6 is 0 Å². The number of hydrogen-bond donors (Lipinski definition) is 0. The van der Waals surface area contributed by atoms with Crippen LogP contribution in [0.2, 0.25) is 0 Å². The summed E-state index contributed by atoms with van der Waals surface area (Å²) in [6.07, 6.45) is 0.776. The molecule has 1 aromatic carbocycles. The van der Waals surface area contributed by atoms with Crippen LogP contribution < -0.4 is 0 Å². The Hall–Kier alpha value is -0.990. The molecule has 0 spiro atoms. The van der Waals surface area contributed by atoms with Crippen molar-refractivity contribution in [2.24, 2.45) is 11.8 Å². The summed E-state index contributed by atoms with van der Waals surface area (Å²) in [6, 6.07) is 4.42. The van der Waals surface area contributed by atoms with Crippen LogP contribution in [0.15, 0.2) is 34.1 Å². The van der Waals surface area contributed by atoms with Crippen molar-refractivity contribution in [3.05, 3.63) is 24.3 Å². The number of sulfonamides is 1. The topological polar surface area (TPSA) is 71.5 Å². The molecule has 0 aliphatic carbocycles. The molecule has 5 nitrogen and oxygen atoms in total. The zero-order chi connectivity index (χ0) is 15.8. The van der Waals surface area contributed by atoms with Gasteiger partial charge in [0, 0.05) is 13.1 Å². The molecule has 21 heavy (non-hydrogen) atoms. The van der Waals surface area contributed by atoms with Gasteiger partial charge in [0.25, 0.3) is 0 Å². The molecule has 8 heteroatoms. The number of rotatable bonds is 4. The van der Waals surface area contributed by atoms with E-state index in [1.165, 1.54) is 16.4 Å². The van der Waals surface area contributed by atoms with Gasteiger partial charge in [-0.15, -0.1) is 3.89 Å². The van der Waals surface area contributed by atoms with Crippen molar-refractivity contribution in [2.75, 3.05) is 13.1 Å². The fraction of sp³-hybridized carbons (Fsp3) is 0.538. The van der Waals surface area contributed by atoms with Gasteiger partial charge in [-0.1, -0.05) is 19.9 Å². The first-order valence-corrected chi connectivity index (χ1v) is 9.49. The van der Waals surface area contributed by atoms with Crippen LogP contribution in [0.5, 0.6) is 0 Å². The fourth-order valence-corrected chi connectivity index (χ4v) is 4.59. The van der Waals surface area contributed by atoms with Gasteiger partial charge in [0.2, 0.25) is 10.0 Å². The fourth-order valence-electron chi connectivity index (χ4n) is 2.45. The molecule has 1 aliphatic rings. The van der Waals surface area contributed by atoms with Crippen molar-refractivity contribution < 1.29 is 20.7 Å². The van der Waals surface area contributed by atoms with Gasteiger partial charge in [-0.25, -0.2) is 8.42 Å². The molecule has 0 amide bonds.